The third-order valence-corrected chi connectivity index (χ3v) is 4.11. The van der Waals surface area contributed by atoms with E-state index < -0.39 is 0 Å². The van der Waals surface area contributed by atoms with Crippen LogP contribution in [0.5, 0.6) is 0 Å². The molecular formula is C16H21N3OS. The summed E-state index contributed by atoms with van der Waals surface area (Å²) in [5.74, 6) is 0.763. The average Bonchev–Trinajstić information content (AvgIpc) is 2.96. The van der Waals surface area contributed by atoms with Gasteiger partial charge in [-0.05, 0) is 44.4 Å². The molecule has 1 N–H and O–H groups in total. The van der Waals surface area contributed by atoms with Crippen LogP contribution >= 0.6 is 11.3 Å². The molecule has 0 aliphatic carbocycles. The lowest BCUT2D eigenvalue weighted by atomic mass is 10.1. The van der Waals surface area contributed by atoms with Gasteiger partial charge < -0.3 is 10.2 Å². The Balaban J connectivity index is 2.28. The number of nitrogens with one attached hydrogen (secondary N) is 1. The summed E-state index contributed by atoms with van der Waals surface area (Å²) in [6.45, 7) is 6.62. The maximum Gasteiger partial charge on any atom is 0.254 e. The summed E-state index contributed by atoms with van der Waals surface area (Å²) in [5.41, 5.74) is 1.52. The first-order valence-electron chi connectivity index (χ1n) is 7.01. The molecule has 2 aromatic rings. The van der Waals surface area contributed by atoms with Crippen molar-refractivity contribution in [2.24, 2.45) is 0 Å². The van der Waals surface area contributed by atoms with Crippen molar-refractivity contribution in [1.29, 1.82) is 0 Å². The second kappa shape index (κ2) is 6.72. The van der Waals surface area contributed by atoms with Gasteiger partial charge in [0, 0.05) is 29.2 Å². The number of nitrogens with zero attached hydrogens (tertiary/aromatic N) is 2. The summed E-state index contributed by atoms with van der Waals surface area (Å²) in [4.78, 5) is 20.2. The van der Waals surface area contributed by atoms with Crippen molar-refractivity contribution >= 4 is 23.1 Å². The van der Waals surface area contributed by atoms with E-state index in [1.54, 1.807) is 17.4 Å². The lowest BCUT2D eigenvalue weighted by Gasteiger charge is -2.26. The predicted molar refractivity (Wildman–Crippen MR) is 87.8 cm³/mol. The number of hydrogen-bond donors (Lipinski definition) is 1. The summed E-state index contributed by atoms with van der Waals surface area (Å²) in [7, 11) is 1.81. The van der Waals surface area contributed by atoms with Crippen LogP contribution in [-0.4, -0.2) is 28.9 Å². The van der Waals surface area contributed by atoms with Crippen LogP contribution in [0.4, 0.5) is 5.82 Å². The Morgan fingerprint density at radius 3 is 2.76 bits per heavy atom. The highest BCUT2D eigenvalue weighted by atomic mass is 32.1. The zero-order chi connectivity index (χ0) is 15.4. The van der Waals surface area contributed by atoms with Gasteiger partial charge in [0.15, 0.2) is 0 Å². The molecule has 0 radical (unpaired) electrons. The second-order valence-corrected chi connectivity index (χ2v) is 6.27. The average molecular weight is 303 g/mol. The first-order valence-corrected chi connectivity index (χ1v) is 7.89. The molecular weight excluding hydrogens is 282 g/mol. The Morgan fingerprint density at radius 2 is 2.19 bits per heavy atom. The van der Waals surface area contributed by atoms with E-state index in [4.69, 9.17) is 0 Å². The van der Waals surface area contributed by atoms with Crippen molar-refractivity contribution < 1.29 is 4.79 Å². The van der Waals surface area contributed by atoms with E-state index in [2.05, 4.69) is 16.4 Å². The number of anilines is 1. The van der Waals surface area contributed by atoms with Crippen LogP contribution in [0.25, 0.3) is 0 Å². The highest BCUT2D eigenvalue weighted by molar-refractivity contribution is 7.09. The lowest BCUT2D eigenvalue weighted by molar-refractivity contribution is 0.0692. The molecule has 0 saturated heterocycles. The van der Waals surface area contributed by atoms with Crippen molar-refractivity contribution in [3.8, 4) is 0 Å². The Kier molecular flexibility index (Phi) is 4.96. The van der Waals surface area contributed by atoms with Gasteiger partial charge in [0.1, 0.15) is 5.82 Å². The number of aryl methyl sites for hydroxylation is 1. The van der Waals surface area contributed by atoms with Crippen LogP contribution in [0.3, 0.4) is 0 Å². The van der Waals surface area contributed by atoms with E-state index in [0.717, 1.165) is 11.5 Å². The van der Waals surface area contributed by atoms with Gasteiger partial charge in [-0.25, -0.2) is 4.98 Å². The fourth-order valence-electron chi connectivity index (χ4n) is 2.15. The Morgan fingerprint density at radius 1 is 1.43 bits per heavy atom. The maximum absolute atomic E-state index is 12.8. The van der Waals surface area contributed by atoms with E-state index in [1.807, 2.05) is 50.2 Å². The largest absolute Gasteiger partial charge is 0.373 e. The SMILES string of the molecule is CNc1cc(C(=O)N(Cc2cccs2)C(C)C)cc(C)n1. The second-order valence-electron chi connectivity index (χ2n) is 5.24. The van der Waals surface area contributed by atoms with Gasteiger partial charge in [-0.15, -0.1) is 11.3 Å². The van der Waals surface area contributed by atoms with Gasteiger partial charge in [0.05, 0.1) is 6.54 Å². The molecule has 0 fully saturated rings. The van der Waals surface area contributed by atoms with Gasteiger partial charge >= 0.3 is 0 Å². The van der Waals surface area contributed by atoms with E-state index in [-0.39, 0.29) is 11.9 Å². The molecule has 0 aliphatic rings. The van der Waals surface area contributed by atoms with Crippen LogP contribution in [0.15, 0.2) is 29.6 Å². The molecule has 0 aliphatic heterocycles. The van der Waals surface area contributed by atoms with Crippen LogP contribution in [0.2, 0.25) is 0 Å². The maximum atomic E-state index is 12.8. The van der Waals surface area contributed by atoms with Gasteiger partial charge in [-0.1, -0.05) is 6.07 Å². The topological polar surface area (TPSA) is 45.2 Å². The molecule has 0 saturated carbocycles. The van der Waals surface area contributed by atoms with Crippen LogP contribution in [0, 0.1) is 6.92 Å². The van der Waals surface area contributed by atoms with Crippen LogP contribution in [-0.2, 0) is 6.54 Å². The minimum absolute atomic E-state index is 0.0420. The molecule has 0 spiro atoms. The number of carbonyl (C=O) groups is 1. The first-order chi connectivity index (χ1) is 10.0. The van der Waals surface area contributed by atoms with Crippen molar-refractivity contribution in [1.82, 2.24) is 9.88 Å². The standard InChI is InChI=1S/C16H21N3OS/c1-11(2)19(10-14-6-5-7-21-14)16(20)13-8-12(3)18-15(9-13)17-4/h5-9,11H,10H2,1-4H3,(H,17,18). The van der Waals surface area contributed by atoms with Gasteiger partial charge in [-0.2, -0.15) is 0 Å². The summed E-state index contributed by atoms with van der Waals surface area (Å²) in [6, 6.07) is 7.86. The van der Waals surface area contributed by atoms with Gasteiger partial charge in [0.25, 0.3) is 5.91 Å². The normalized spacial score (nSPS) is 10.7. The van der Waals surface area contributed by atoms with Crippen molar-refractivity contribution in [2.75, 3.05) is 12.4 Å². The van der Waals surface area contributed by atoms with Crippen LogP contribution in [0.1, 0.15) is 34.8 Å². The minimum Gasteiger partial charge on any atom is -0.373 e. The molecule has 1 amide bonds. The first kappa shape index (κ1) is 15.5. The molecule has 2 aromatic heterocycles. The monoisotopic (exact) mass is 303 g/mol. The highest BCUT2D eigenvalue weighted by Crippen LogP contribution is 2.18. The van der Waals surface area contributed by atoms with E-state index in [9.17, 15) is 4.79 Å². The molecule has 0 atom stereocenters. The van der Waals surface area contributed by atoms with Gasteiger partial charge in [0.2, 0.25) is 0 Å². The highest BCUT2D eigenvalue weighted by Gasteiger charge is 2.20. The Hall–Kier alpha value is -1.88. The van der Waals surface area contributed by atoms with Crippen molar-refractivity contribution in [3.63, 3.8) is 0 Å². The molecule has 4 nitrogen and oxygen atoms in total. The lowest BCUT2D eigenvalue weighted by Crippen LogP contribution is -2.36. The Labute approximate surface area is 129 Å². The third kappa shape index (κ3) is 3.82. The zero-order valence-corrected chi connectivity index (χ0v) is 13.7. The van der Waals surface area contributed by atoms with E-state index in [0.29, 0.717) is 12.1 Å². The number of amides is 1. The molecule has 2 rings (SSSR count). The smallest absolute Gasteiger partial charge is 0.254 e. The summed E-state index contributed by atoms with van der Waals surface area (Å²) in [5, 5.41) is 5.03. The fourth-order valence-corrected chi connectivity index (χ4v) is 2.85. The number of rotatable bonds is 5. The van der Waals surface area contributed by atoms with Gasteiger partial charge in [-0.3, -0.25) is 4.79 Å². The summed E-state index contributed by atoms with van der Waals surface area (Å²) >= 11 is 1.67. The number of thiophene rings is 1. The van der Waals surface area contributed by atoms with Crippen LogP contribution < -0.4 is 5.32 Å². The third-order valence-electron chi connectivity index (χ3n) is 3.25. The summed E-state index contributed by atoms with van der Waals surface area (Å²) < 4.78 is 0. The predicted octanol–water partition coefficient (Wildman–Crippen LogP) is 3.54. The number of aromatic nitrogens is 1. The Bertz CT molecular complexity index is 608. The molecule has 0 unspecified atom stereocenters. The van der Waals surface area contributed by atoms with E-state index in [1.165, 1.54) is 4.88 Å². The molecule has 112 valence electrons. The fraction of sp³-hybridized carbons (Fsp3) is 0.375. The number of carbonyl (C=O) groups excluding carboxylic acids is 1. The quantitative estimate of drug-likeness (QED) is 0.919. The van der Waals surface area contributed by atoms with E-state index >= 15 is 0 Å². The van der Waals surface area contributed by atoms with Crippen molar-refractivity contribution in [3.05, 3.63) is 45.8 Å². The molecule has 21 heavy (non-hydrogen) atoms. The van der Waals surface area contributed by atoms with Crippen molar-refractivity contribution in [2.45, 2.75) is 33.4 Å². The molecule has 0 bridgehead atoms. The minimum atomic E-state index is 0.0420. The molecule has 5 heteroatoms. The zero-order valence-electron chi connectivity index (χ0n) is 12.9. The number of hydrogen-bond acceptors (Lipinski definition) is 4. The molecule has 2 heterocycles. The summed E-state index contributed by atoms with van der Waals surface area (Å²) in [6.07, 6.45) is 0. The molecule has 0 aromatic carbocycles. The number of pyridine rings is 1.